The van der Waals surface area contributed by atoms with Gasteiger partial charge in [-0.05, 0) is 24.0 Å². The number of anilines is 1. The summed E-state index contributed by atoms with van der Waals surface area (Å²) in [5.41, 5.74) is 2.41. The zero-order valence-electron chi connectivity index (χ0n) is 7.76. The minimum Gasteiger partial charge on any atom is -0.379 e. The van der Waals surface area contributed by atoms with Crippen molar-refractivity contribution in [3.05, 3.63) is 29.8 Å². The lowest BCUT2D eigenvalue weighted by Crippen LogP contribution is -2.34. The van der Waals surface area contributed by atoms with Crippen LogP contribution in [0, 0.1) is 5.92 Å². The van der Waals surface area contributed by atoms with Crippen LogP contribution < -0.4 is 5.32 Å². The van der Waals surface area contributed by atoms with Crippen LogP contribution in [0.5, 0.6) is 0 Å². The van der Waals surface area contributed by atoms with Crippen LogP contribution in [-0.2, 0) is 6.42 Å². The predicted molar refractivity (Wildman–Crippen MR) is 52.7 cm³/mol. The van der Waals surface area contributed by atoms with Crippen LogP contribution >= 0.6 is 0 Å². The molecule has 0 saturated heterocycles. The van der Waals surface area contributed by atoms with Crippen molar-refractivity contribution in [2.75, 3.05) is 12.0 Å². The first kappa shape index (κ1) is 8.54. The van der Waals surface area contributed by atoms with Crippen molar-refractivity contribution in [1.29, 1.82) is 0 Å². The fourth-order valence-electron chi connectivity index (χ4n) is 1.86. The quantitative estimate of drug-likeness (QED) is 0.698. The lowest BCUT2D eigenvalue weighted by Gasteiger charge is -2.30. The maximum atomic E-state index is 12.6. The number of para-hydroxylation sites is 1. The van der Waals surface area contributed by atoms with Gasteiger partial charge >= 0.3 is 0 Å². The van der Waals surface area contributed by atoms with E-state index in [9.17, 15) is 4.39 Å². The molecule has 13 heavy (non-hydrogen) atoms. The number of hydrogen-bond acceptors (Lipinski definition) is 1. The first-order valence-corrected chi connectivity index (χ1v) is 4.71. The Hall–Kier alpha value is -1.05. The molecule has 2 rings (SSSR count). The second kappa shape index (κ2) is 3.36. The van der Waals surface area contributed by atoms with Gasteiger partial charge in [0.15, 0.2) is 0 Å². The van der Waals surface area contributed by atoms with E-state index in [2.05, 4.69) is 18.3 Å². The van der Waals surface area contributed by atoms with E-state index < -0.39 is 0 Å². The highest BCUT2D eigenvalue weighted by atomic mass is 19.1. The molecule has 1 N–H and O–H groups in total. The van der Waals surface area contributed by atoms with E-state index in [1.807, 2.05) is 18.2 Å². The van der Waals surface area contributed by atoms with Gasteiger partial charge in [0.1, 0.15) is 6.67 Å². The van der Waals surface area contributed by atoms with E-state index in [0.29, 0.717) is 5.92 Å². The van der Waals surface area contributed by atoms with Crippen molar-refractivity contribution in [1.82, 2.24) is 0 Å². The van der Waals surface area contributed by atoms with Crippen molar-refractivity contribution < 1.29 is 4.39 Å². The number of hydrogen-bond donors (Lipinski definition) is 1. The van der Waals surface area contributed by atoms with Gasteiger partial charge in [0.05, 0.1) is 6.04 Å². The molecule has 2 atom stereocenters. The molecule has 0 amide bonds. The fourth-order valence-corrected chi connectivity index (χ4v) is 1.86. The third kappa shape index (κ3) is 1.53. The molecule has 0 aliphatic carbocycles. The molecule has 0 spiro atoms. The topological polar surface area (TPSA) is 12.0 Å². The van der Waals surface area contributed by atoms with Gasteiger partial charge in [-0.25, -0.2) is 4.39 Å². The van der Waals surface area contributed by atoms with Crippen molar-refractivity contribution in [3.8, 4) is 0 Å². The molecule has 1 aliphatic rings. The molecule has 1 aliphatic heterocycles. The standard InChI is InChI=1S/C11H14FN/c1-8-6-9-4-2-3-5-10(9)13-11(8)7-12/h2-5,8,11,13H,6-7H2,1H3/t8-,11+/m1/s1. The average Bonchev–Trinajstić information content (AvgIpc) is 2.17. The van der Waals surface area contributed by atoms with Gasteiger partial charge in [0, 0.05) is 5.69 Å². The zero-order chi connectivity index (χ0) is 9.26. The number of halogens is 1. The Morgan fingerprint density at radius 1 is 1.46 bits per heavy atom. The van der Waals surface area contributed by atoms with Gasteiger partial charge in [-0.1, -0.05) is 25.1 Å². The third-order valence-electron chi connectivity index (χ3n) is 2.75. The van der Waals surface area contributed by atoms with Crippen molar-refractivity contribution in [3.63, 3.8) is 0 Å². The Bertz CT molecular complexity index is 298. The van der Waals surface area contributed by atoms with Crippen molar-refractivity contribution >= 4 is 5.69 Å². The summed E-state index contributed by atoms with van der Waals surface area (Å²) < 4.78 is 12.6. The maximum Gasteiger partial charge on any atom is 0.110 e. The molecular weight excluding hydrogens is 165 g/mol. The van der Waals surface area contributed by atoms with E-state index in [0.717, 1.165) is 12.1 Å². The van der Waals surface area contributed by atoms with Gasteiger partial charge in [-0.2, -0.15) is 0 Å². The number of nitrogens with one attached hydrogen (secondary N) is 1. The molecule has 70 valence electrons. The molecule has 0 fully saturated rings. The lowest BCUT2D eigenvalue weighted by molar-refractivity contribution is 0.359. The number of rotatable bonds is 1. The Kier molecular flexibility index (Phi) is 2.21. The highest BCUT2D eigenvalue weighted by Crippen LogP contribution is 2.27. The highest BCUT2D eigenvalue weighted by Gasteiger charge is 2.23. The summed E-state index contributed by atoms with van der Waals surface area (Å²) in [7, 11) is 0. The average molecular weight is 179 g/mol. The Morgan fingerprint density at radius 3 is 3.00 bits per heavy atom. The van der Waals surface area contributed by atoms with Crippen LogP contribution in [0.2, 0.25) is 0 Å². The first-order valence-electron chi connectivity index (χ1n) is 4.71. The summed E-state index contributed by atoms with van der Waals surface area (Å²) in [5, 5.41) is 3.22. The van der Waals surface area contributed by atoms with Crippen LogP contribution in [0.4, 0.5) is 10.1 Å². The molecule has 2 heteroatoms. The molecule has 1 heterocycles. The fraction of sp³-hybridized carbons (Fsp3) is 0.455. The number of alkyl halides is 1. The van der Waals surface area contributed by atoms with Crippen molar-refractivity contribution in [2.45, 2.75) is 19.4 Å². The second-order valence-corrected chi connectivity index (χ2v) is 3.74. The smallest absolute Gasteiger partial charge is 0.110 e. The van der Waals surface area contributed by atoms with E-state index in [1.165, 1.54) is 5.56 Å². The number of benzene rings is 1. The largest absolute Gasteiger partial charge is 0.379 e. The summed E-state index contributed by atoms with van der Waals surface area (Å²) in [6.07, 6.45) is 0.984. The molecule has 0 unspecified atom stereocenters. The van der Waals surface area contributed by atoms with Crippen LogP contribution in [0.3, 0.4) is 0 Å². The van der Waals surface area contributed by atoms with Gasteiger partial charge < -0.3 is 5.32 Å². The van der Waals surface area contributed by atoms with E-state index in [-0.39, 0.29) is 12.7 Å². The van der Waals surface area contributed by atoms with Gasteiger partial charge in [0.25, 0.3) is 0 Å². The molecule has 0 radical (unpaired) electrons. The summed E-state index contributed by atoms with van der Waals surface area (Å²) in [6, 6.07) is 8.13. The monoisotopic (exact) mass is 179 g/mol. The zero-order valence-corrected chi connectivity index (χ0v) is 7.76. The molecular formula is C11H14FN. The summed E-state index contributed by atoms with van der Waals surface area (Å²) in [6.45, 7) is 1.81. The lowest BCUT2D eigenvalue weighted by atomic mass is 9.89. The normalized spacial score (nSPS) is 26.3. The molecule has 1 nitrogen and oxygen atoms in total. The van der Waals surface area contributed by atoms with Crippen LogP contribution in [-0.4, -0.2) is 12.7 Å². The third-order valence-corrected chi connectivity index (χ3v) is 2.75. The molecule has 1 aromatic rings. The maximum absolute atomic E-state index is 12.6. The second-order valence-electron chi connectivity index (χ2n) is 3.74. The van der Waals surface area contributed by atoms with Crippen LogP contribution in [0.25, 0.3) is 0 Å². The minimum absolute atomic E-state index is 0.00472. The molecule has 1 aromatic carbocycles. The van der Waals surface area contributed by atoms with Crippen molar-refractivity contribution in [2.24, 2.45) is 5.92 Å². The van der Waals surface area contributed by atoms with Crippen LogP contribution in [0.1, 0.15) is 12.5 Å². The highest BCUT2D eigenvalue weighted by molar-refractivity contribution is 5.54. The first-order chi connectivity index (χ1) is 6.31. The van der Waals surface area contributed by atoms with Gasteiger partial charge in [-0.15, -0.1) is 0 Å². The minimum atomic E-state index is -0.282. The van der Waals surface area contributed by atoms with Gasteiger partial charge in [0.2, 0.25) is 0 Å². The van der Waals surface area contributed by atoms with E-state index in [1.54, 1.807) is 0 Å². The Balaban J connectivity index is 2.27. The SMILES string of the molecule is C[C@@H]1Cc2ccccc2N[C@H]1CF. The predicted octanol–water partition coefficient (Wildman–Crippen LogP) is 2.63. The molecule has 0 saturated carbocycles. The Morgan fingerprint density at radius 2 is 2.23 bits per heavy atom. The molecule has 0 aromatic heterocycles. The Labute approximate surface area is 78.0 Å². The summed E-state index contributed by atoms with van der Waals surface area (Å²) >= 11 is 0. The van der Waals surface area contributed by atoms with Gasteiger partial charge in [-0.3, -0.25) is 0 Å². The summed E-state index contributed by atoms with van der Waals surface area (Å²) in [4.78, 5) is 0. The van der Waals surface area contributed by atoms with E-state index in [4.69, 9.17) is 0 Å². The summed E-state index contributed by atoms with van der Waals surface area (Å²) in [5.74, 6) is 0.389. The molecule has 0 bridgehead atoms. The van der Waals surface area contributed by atoms with E-state index >= 15 is 0 Å². The van der Waals surface area contributed by atoms with Crippen LogP contribution in [0.15, 0.2) is 24.3 Å². The number of fused-ring (bicyclic) bond motifs is 1.